The Balaban J connectivity index is 1.54. The maximum atomic E-state index is 13.5. The number of aryl methyl sites for hydroxylation is 1. The van der Waals surface area contributed by atoms with Crippen molar-refractivity contribution in [2.75, 3.05) is 6.61 Å². The lowest BCUT2D eigenvalue weighted by atomic mass is 10.0. The molecule has 8 heteroatoms. The van der Waals surface area contributed by atoms with Crippen LogP contribution in [0.3, 0.4) is 0 Å². The zero-order valence-corrected chi connectivity index (χ0v) is 20.6. The lowest BCUT2D eigenvalue weighted by molar-refractivity contribution is -0.137. The molecule has 1 amide bonds. The van der Waals surface area contributed by atoms with Crippen LogP contribution in [0.5, 0.6) is 0 Å². The second kappa shape index (κ2) is 10.7. The van der Waals surface area contributed by atoms with Gasteiger partial charge in [-0.1, -0.05) is 72.8 Å². The fourth-order valence-electron chi connectivity index (χ4n) is 4.80. The fraction of sp³-hybridized carbons (Fsp3) is 0.167. The Morgan fingerprint density at radius 1 is 0.842 bits per heavy atom. The van der Waals surface area contributed by atoms with Crippen LogP contribution in [0.2, 0.25) is 0 Å². The molecule has 3 N–H and O–H groups in total. The Hall–Kier alpha value is -4.69. The fourth-order valence-corrected chi connectivity index (χ4v) is 4.80. The number of aliphatic hydroxyl groups excluding tert-OH is 1. The van der Waals surface area contributed by atoms with E-state index in [1.807, 2.05) is 72.8 Å². The molecule has 1 heterocycles. The number of benzene rings is 4. The van der Waals surface area contributed by atoms with Crippen molar-refractivity contribution < 1.29 is 19.8 Å². The summed E-state index contributed by atoms with van der Waals surface area (Å²) in [6, 6.07) is 27.4. The highest BCUT2D eigenvalue weighted by atomic mass is 16.4. The van der Waals surface area contributed by atoms with Crippen molar-refractivity contribution in [3.8, 4) is 0 Å². The summed E-state index contributed by atoms with van der Waals surface area (Å²) in [4.78, 5) is 38.0. The zero-order valence-electron chi connectivity index (χ0n) is 20.6. The number of aliphatic carboxylic acids is 1. The van der Waals surface area contributed by atoms with E-state index < -0.39 is 17.9 Å². The van der Waals surface area contributed by atoms with E-state index in [9.17, 15) is 24.6 Å². The first-order valence-electron chi connectivity index (χ1n) is 12.3. The summed E-state index contributed by atoms with van der Waals surface area (Å²) >= 11 is 0. The summed E-state index contributed by atoms with van der Waals surface area (Å²) in [7, 11) is 0. The van der Waals surface area contributed by atoms with E-state index in [0.29, 0.717) is 23.1 Å². The molecule has 1 unspecified atom stereocenters. The molecule has 0 saturated carbocycles. The Morgan fingerprint density at radius 2 is 1.58 bits per heavy atom. The number of carboxylic acids is 1. The van der Waals surface area contributed by atoms with Gasteiger partial charge in [-0.25, -0.2) is 4.79 Å². The second-order valence-corrected chi connectivity index (χ2v) is 9.13. The highest BCUT2D eigenvalue weighted by molar-refractivity contribution is 5.98. The summed E-state index contributed by atoms with van der Waals surface area (Å²) in [5.41, 5.74) is 2.76. The molecule has 5 aromatic rings. The Bertz CT molecular complexity index is 1680. The number of aliphatic hydroxyl groups is 1. The van der Waals surface area contributed by atoms with Gasteiger partial charge in [0.25, 0.3) is 5.91 Å². The van der Waals surface area contributed by atoms with Crippen LogP contribution in [-0.4, -0.2) is 37.8 Å². The van der Waals surface area contributed by atoms with Gasteiger partial charge >= 0.3 is 11.7 Å². The van der Waals surface area contributed by atoms with Crippen LogP contribution in [-0.2, 0) is 17.9 Å². The molecule has 0 radical (unpaired) electrons. The van der Waals surface area contributed by atoms with Crippen molar-refractivity contribution in [3.63, 3.8) is 0 Å². The van der Waals surface area contributed by atoms with Crippen molar-refractivity contribution in [3.05, 3.63) is 118 Å². The minimum Gasteiger partial charge on any atom is -0.481 e. The predicted octanol–water partition coefficient (Wildman–Crippen LogP) is 3.94. The van der Waals surface area contributed by atoms with Gasteiger partial charge in [0.05, 0.1) is 36.6 Å². The van der Waals surface area contributed by atoms with Gasteiger partial charge in [-0.2, -0.15) is 0 Å². The zero-order chi connectivity index (χ0) is 26.6. The van der Waals surface area contributed by atoms with Gasteiger partial charge in [0, 0.05) is 12.1 Å². The molecule has 1 atom stereocenters. The molecule has 0 aliphatic carbocycles. The van der Waals surface area contributed by atoms with Crippen LogP contribution in [0.4, 0.5) is 0 Å². The number of amides is 1. The summed E-state index contributed by atoms with van der Waals surface area (Å²) < 4.78 is 3.02. The van der Waals surface area contributed by atoms with Crippen LogP contribution in [0.1, 0.15) is 33.9 Å². The highest BCUT2D eigenvalue weighted by Crippen LogP contribution is 2.23. The quantitative estimate of drug-likeness (QED) is 0.279. The van der Waals surface area contributed by atoms with E-state index >= 15 is 0 Å². The number of fused-ring (bicyclic) bond motifs is 2. The first-order chi connectivity index (χ1) is 18.5. The normalized spacial score (nSPS) is 12.0. The van der Waals surface area contributed by atoms with Crippen LogP contribution in [0.15, 0.2) is 95.8 Å². The maximum Gasteiger partial charge on any atom is 0.329 e. The number of carbonyl (C=O) groups excluding carboxylic acids is 1. The summed E-state index contributed by atoms with van der Waals surface area (Å²) in [5, 5.41) is 24.0. The minimum atomic E-state index is -1.02. The van der Waals surface area contributed by atoms with E-state index in [1.54, 1.807) is 22.8 Å². The predicted molar refractivity (Wildman–Crippen MR) is 145 cm³/mol. The molecular formula is C30H27N3O5. The number of rotatable bonds is 9. The van der Waals surface area contributed by atoms with Crippen LogP contribution >= 0.6 is 0 Å². The molecule has 5 rings (SSSR count). The van der Waals surface area contributed by atoms with Crippen molar-refractivity contribution in [2.45, 2.75) is 25.6 Å². The maximum absolute atomic E-state index is 13.5. The topological polar surface area (TPSA) is 114 Å². The van der Waals surface area contributed by atoms with Crippen LogP contribution in [0, 0.1) is 0 Å². The van der Waals surface area contributed by atoms with E-state index in [1.165, 1.54) is 4.57 Å². The third kappa shape index (κ3) is 4.94. The van der Waals surface area contributed by atoms with Gasteiger partial charge in [-0.05, 0) is 40.1 Å². The van der Waals surface area contributed by atoms with Crippen molar-refractivity contribution in [1.29, 1.82) is 0 Å². The Kier molecular flexibility index (Phi) is 7.06. The van der Waals surface area contributed by atoms with Crippen molar-refractivity contribution in [2.24, 2.45) is 0 Å². The summed E-state index contributed by atoms with van der Waals surface area (Å²) in [6.07, 6.45) is -0.232. The largest absolute Gasteiger partial charge is 0.481 e. The Morgan fingerprint density at radius 3 is 2.34 bits per heavy atom. The standard InChI is InChI=1S/C30H27N3O5/c34-19-25(21-8-2-1-3-9-21)31-29(37)22-13-14-26-27(17-22)32(16-15-28(35)36)30(38)33(26)18-23-11-6-10-20-7-4-5-12-24(20)23/h1-14,17,25,34H,15-16,18-19H2,(H,31,37)(H,35,36). The first kappa shape index (κ1) is 25.0. The molecule has 0 saturated heterocycles. The number of hydrogen-bond donors (Lipinski definition) is 3. The smallest absolute Gasteiger partial charge is 0.329 e. The molecule has 0 aliphatic heterocycles. The number of carboxylic acid groups (broad SMARTS) is 1. The van der Waals surface area contributed by atoms with E-state index in [-0.39, 0.29) is 25.3 Å². The number of hydrogen-bond acceptors (Lipinski definition) is 4. The monoisotopic (exact) mass is 509 g/mol. The van der Waals surface area contributed by atoms with E-state index in [0.717, 1.165) is 21.9 Å². The third-order valence-corrected chi connectivity index (χ3v) is 6.73. The lowest BCUT2D eigenvalue weighted by Crippen LogP contribution is -2.30. The average molecular weight is 510 g/mol. The third-order valence-electron chi connectivity index (χ3n) is 6.73. The van der Waals surface area contributed by atoms with Crippen molar-refractivity contribution >= 4 is 33.7 Å². The van der Waals surface area contributed by atoms with Gasteiger partial charge in [-0.3, -0.25) is 18.7 Å². The number of carbonyl (C=O) groups is 2. The van der Waals surface area contributed by atoms with Crippen LogP contribution < -0.4 is 11.0 Å². The number of imidazole rings is 1. The summed E-state index contributed by atoms with van der Waals surface area (Å²) in [5.74, 6) is -1.43. The molecule has 0 aliphatic rings. The molecule has 38 heavy (non-hydrogen) atoms. The average Bonchev–Trinajstić information content (AvgIpc) is 3.20. The van der Waals surface area contributed by atoms with E-state index in [4.69, 9.17) is 0 Å². The molecule has 1 aromatic heterocycles. The second-order valence-electron chi connectivity index (χ2n) is 9.13. The lowest BCUT2D eigenvalue weighted by Gasteiger charge is -2.17. The van der Waals surface area contributed by atoms with Gasteiger partial charge in [-0.15, -0.1) is 0 Å². The number of nitrogens with one attached hydrogen (secondary N) is 1. The van der Waals surface area contributed by atoms with Gasteiger partial charge in [0.1, 0.15) is 0 Å². The van der Waals surface area contributed by atoms with Crippen LogP contribution in [0.25, 0.3) is 21.8 Å². The molecular weight excluding hydrogens is 482 g/mol. The number of aromatic nitrogens is 2. The molecule has 0 fully saturated rings. The first-order valence-corrected chi connectivity index (χ1v) is 12.3. The minimum absolute atomic E-state index is 0.0262. The highest BCUT2D eigenvalue weighted by Gasteiger charge is 2.19. The molecule has 8 nitrogen and oxygen atoms in total. The molecule has 0 spiro atoms. The van der Waals surface area contributed by atoms with Gasteiger partial charge < -0.3 is 15.5 Å². The van der Waals surface area contributed by atoms with Gasteiger partial charge in [0.15, 0.2) is 0 Å². The number of nitrogens with zero attached hydrogens (tertiary/aromatic N) is 2. The Labute approximate surface area is 218 Å². The molecule has 0 bridgehead atoms. The van der Waals surface area contributed by atoms with Gasteiger partial charge in [0.2, 0.25) is 0 Å². The SMILES string of the molecule is O=C(O)CCn1c(=O)n(Cc2cccc3ccccc23)c2ccc(C(=O)NC(CO)c3ccccc3)cc21. The molecule has 4 aromatic carbocycles. The van der Waals surface area contributed by atoms with E-state index in [2.05, 4.69) is 5.32 Å². The van der Waals surface area contributed by atoms with Crippen molar-refractivity contribution in [1.82, 2.24) is 14.5 Å². The molecule has 192 valence electrons. The summed E-state index contributed by atoms with van der Waals surface area (Å²) in [6.45, 7) is -0.00677.